The Balaban J connectivity index is 3.02. The Bertz CT molecular complexity index is 381. The Morgan fingerprint density at radius 3 is 0.512 bits per heavy atom. The van der Waals surface area contributed by atoms with Crippen LogP contribution in [0.5, 0.6) is 0 Å². The molecule has 41 heavy (non-hydrogen) atoms. The van der Waals surface area contributed by atoms with Crippen LogP contribution >= 0.6 is 0 Å². The second-order valence-electron chi connectivity index (χ2n) is 14.1. The molecule has 0 aromatic rings. The molecule has 0 bridgehead atoms. The molecule has 246 valence electrons. The first-order valence-electron chi connectivity index (χ1n) is 20.4. The molecule has 0 rings (SSSR count). The number of unbranched alkanes of at least 4 members (excludes halogenated alkanes) is 34. The van der Waals surface area contributed by atoms with Crippen LogP contribution in [0.4, 0.5) is 0 Å². The topological polar surface area (TPSA) is 0 Å². The van der Waals surface area contributed by atoms with Crippen LogP contribution in [0.1, 0.15) is 245 Å². The summed E-state index contributed by atoms with van der Waals surface area (Å²) in [5.74, 6) is 0. The van der Waals surface area contributed by atoms with Gasteiger partial charge in [0.1, 0.15) is 0 Å². The second-order valence-corrected chi connectivity index (χ2v) is 18.5. The molecule has 0 radical (unpaired) electrons. The van der Waals surface area contributed by atoms with Crippen molar-refractivity contribution in [2.24, 2.45) is 0 Å². The van der Waals surface area contributed by atoms with Crippen LogP contribution < -0.4 is 0 Å². The first kappa shape index (κ1) is 41.6. The average Bonchev–Trinajstić information content (AvgIpc) is 2.98. The molecule has 0 saturated carbocycles. The van der Waals surface area contributed by atoms with Gasteiger partial charge in [0, 0.05) is 0 Å². The van der Waals surface area contributed by atoms with E-state index in [0.29, 0.717) is 0 Å². The van der Waals surface area contributed by atoms with E-state index >= 15 is 0 Å². The van der Waals surface area contributed by atoms with Gasteiger partial charge in [-0.3, -0.25) is 0 Å². The number of hydrogen-bond acceptors (Lipinski definition) is 0. The van der Waals surface area contributed by atoms with Gasteiger partial charge in [0.25, 0.3) is 0 Å². The summed E-state index contributed by atoms with van der Waals surface area (Å²) in [6.45, 7) is 4.62. The van der Waals surface area contributed by atoms with Gasteiger partial charge in [0.05, 0.1) is 0 Å². The Hall–Kier alpha value is 0.636. The van der Waals surface area contributed by atoms with Crippen LogP contribution in [-0.4, -0.2) is 17.4 Å². The van der Waals surface area contributed by atoms with Gasteiger partial charge in [-0.25, -0.2) is 0 Å². The summed E-state index contributed by atoms with van der Waals surface area (Å²) in [4.78, 5) is 3.37. The van der Waals surface area contributed by atoms with Gasteiger partial charge in [-0.15, -0.1) is 0 Å². The summed E-state index contributed by atoms with van der Waals surface area (Å²) >= 11 is -0.150. The zero-order valence-corrected chi connectivity index (χ0v) is 32.5. The first-order chi connectivity index (χ1) is 20.4. The average molecular weight is 634 g/mol. The van der Waals surface area contributed by atoms with Crippen LogP contribution in [0.15, 0.2) is 0 Å². The predicted molar refractivity (Wildman–Crippen MR) is 194 cm³/mol. The predicted octanol–water partition coefficient (Wildman–Crippen LogP) is 15.3. The maximum absolute atomic E-state index is 2.31. The molecule has 0 heterocycles. The molecule has 0 aliphatic carbocycles. The molecule has 0 saturated heterocycles. The van der Waals surface area contributed by atoms with E-state index in [1.165, 1.54) is 205 Å². The molecular formula is C40H83Ga. The Morgan fingerprint density at radius 1 is 0.195 bits per heavy atom. The van der Waals surface area contributed by atoms with Crippen molar-refractivity contribution in [3.05, 3.63) is 0 Å². The summed E-state index contributed by atoms with van der Waals surface area (Å²) < 4.78 is 0. The fourth-order valence-electron chi connectivity index (χ4n) is 6.69. The van der Waals surface area contributed by atoms with Crippen molar-refractivity contribution in [1.82, 2.24) is 0 Å². The van der Waals surface area contributed by atoms with E-state index in [9.17, 15) is 0 Å². The van der Waals surface area contributed by atoms with E-state index in [0.717, 1.165) is 0 Å². The van der Waals surface area contributed by atoms with Crippen LogP contribution in [0.2, 0.25) is 9.95 Å². The molecule has 0 amide bonds. The molecule has 1 heteroatoms. The van der Waals surface area contributed by atoms with E-state index in [2.05, 4.69) is 13.8 Å². The van der Waals surface area contributed by atoms with E-state index in [1.807, 2.05) is 0 Å². The standard InChI is InChI=1S/2C20H41.Ga.H/c2*1-3-5-7-9-11-13-15-17-19-20-18-16-14-12-10-8-6-4-2;;/h2*1,3-20H2,2H3;;. The molecule has 0 unspecified atom stereocenters. The Morgan fingerprint density at radius 2 is 0.341 bits per heavy atom. The van der Waals surface area contributed by atoms with Gasteiger partial charge in [0.15, 0.2) is 0 Å². The van der Waals surface area contributed by atoms with Gasteiger partial charge < -0.3 is 0 Å². The summed E-state index contributed by atoms with van der Waals surface area (Å²) in [6.07, 6.45) is 53.9. The summed E-state index contributed by atoms with van der Waals surface area (Å²) in [5, 5.41) is 0. The zero-order chi connectivity index (χ0) is 29.6. The third-order valence-electron chi connectivity index (χ3n) is 9.71. The molecule has 0 atom stereocenters. The smallest absolute Gasteiger partial charge is 0.0654 e. The molecule has 0 spiro atoms. The third kappa shape index (κ3) is 40.6. The summed E-state index contributed by atoms with van der Waals surface area (Å²) in [5.41, 5.74) is 0. The van der Waals surface area contributed by atoms with Crippen LogP contribution in [0, 0.1) is 0 Å². The quantitative estimate of drug-likeness (QED) is 0.0469. The number of hydrogen-bond donors (Lipinski definition) is 0. The zero-order valence-electron chi connectivity index (χ0n) is 29.6. The minimum Gasteiger partial charge on any atom is -0.0654 e. The van der Waals surface area contributed by atoms with Crippen molar-refractivity contribution in [1.29, 1.82) is 0 Å². The van der Waals surface area contributed by atoms with Crippen LogP contribution in [0.25, 0.3) is 0 Å². The minimum atomic E-state index is -0.150. The third-order valence-corrected chi connectivity index (χ3v) is 13.9. The fraction of sp³-hybridized carbons (Fsp3) is 1.00. The van der Waals surface area contributed by atoms with E-state index in [4.69, 9.17) is 0 Å². The molecule has 0 nitrogen and oxygen atoms in total. The Labute approximate surface area is 271 Å². The van der Waals surface area contributed by atoms with E-state index in [-0.39, 0.29) is 17.4 Å². The second kappa shape index (κ2) is 40.6. The minimum absolute atomic E-state index is 0.150. The molecule has 0 aromatic carbocycles. The summed E-state index contributed by atoms with van der Waals surface area (Å²) in [7, 11) is 0. The van der Waals surface area contributed by atoms with Crippen LogP contribution in [0.3, 0.4) is 0 Å². The molecule has 0 aromatic heterocycles. The van der Waals surface area contributed by atoms with Gasteiger partial charge >= 0.3 is 169 Å². The molecule has 0 aliphatic heterocycles. The first-order valence-corrected chi connectivity index (χ1v) is 24.6. The molecule has 0 fully saturated rings. The van der Waals surface area contributed by atoms with Crippen molar-refractivity contribution in [2.75, 3.05) is 0 Å². The fourth-order valence-corrected chi connectivity index (χ4v) is 10.4. The SMILES string of the molecule is CCCCCCCCCCCCCCCCCCC[CH2][GaH][CH2]CCCCCCCCCCCCCCCCCCC. The monoisotopic (exact) mass is 633 g/mol. The molecule has 0 aliphatic rings. The van der Waals surface area contributed by atoms with E-state index in [1.54, 1.807) is 35.6 Å². The van der Waals surface area contributed by atoms with Crippen molar-refractivity contribution in [2.45, 2.75) is 255 Å². The van der Waals surface area contributed by atoms with Crippen molar-refractivity contribution >= 4 is 17.4 Å². The van der Waals surface area contributed by atoms with Crippen molar-refractivity contribution < 1.29 is 0 Å². The normalized spacial score (nSPS) is 11.5. The summed E-state index contributed by atoms with van der Waals surface area (Å²) in [6, 6.07) is 0. The van der Waals surface area contributed by atoms with Crippen molar-refractivity contribution in [3.8, 4) is 0 Å². The van der Waals surface area contributed by atoms with Gasteiger partial charge in [-0.2, -0.15) is 0 Å². The van der Waals surface area contributed by atoms with Crippen molar-refractivity contribution in [3.63, 3.8) is 0 Å². The van der Waals surface area contributed by atoms with Gasteiger partial charge in [0.2, 0.25) is 0 Å². The van der Waals surface area contributed by atoms with Gasteiger partial charge in [-0.1, -0.05) is 104 Å². The Kier molecular flexibility index (Phi) is 41.3. The van der Waals surface area contributed by atoms with Gasteiger partial charge in [-0.05, 0) is 0 Å². The van der Waals surface area contributed by atoms with Crippen LogP contribution in [-0.2, 0) is 0 Å². The maximum atomic E-state index is 2.31. The molecule has 0 N–H and O–H groups in total. The molecular weight excluding hydrogens is 550 g/mol. The van der Waals surface area contributed by atoms with E-state index < -0.39 is 0 Å². The number of rotatable bonds is 38.